The lowest BCUT2D eigenvalue weighted by Crippen LogP contribution is -2.53. The molecule has 0 spiro atoms. The lowest BCUT2D eigenvalue weighted by molar-refractivity contribution is -0.384. The molecule has 0 unspecified atom stereocenters. The van der Waals surface area contributed by atoms with Crippen LogP contribution in [0.3, 0.4) is 0 Å². The van der Waals surface area contributed by atoms with E-state index in [4.69, 9.17) is 21.7 Å². The van der Waals surface area contributed by atoms with E-state index in [0.29, 0.717) is 69.5 Å². The summed E-state index contributed by atoms with van der Waals surface area (Å²) in [6, 6.07) is 3.19. The van der Waals surface area contributed by atoms with E-state index in [1.54, 1.807) is 6.07 Å². The minimum atomic E-state index is -0.650. The molecule has 34 heavy (non-hydrogen) atoms. The van der Waals surface area contributed by atoms with Crippen molar-refractivity contribution in [1.82, 2.24) is 10.2 Å². The predicted octanol–water partition coefficient (Wildman–Crippen LogP) is 1.08. The number of benzene rings is 1. The number of nitro groups is 1. The molecule has 12 heteroatoms. The Hall–Kier alpha value is -3.35. The number of nitrogens with one attached hydrogen (secondary N) is 1. The van der Waals surface area contributed by atoms with Crippen molar-refractivity contribution >= 4 is 52.3 Å². The number of thiocarbonyl (C=S) groups is 1. The first-order chi connectivity index (χ1) is 16.4. The molecule has 0 aromatic heterocycles. The van der Waals surface area contributed by atoms with Gasteiger partial charge in [0.2, 0.25) is 0 Å². The van der Waals surface area contributed by atoms with E-state index in [2.05, 4.69) is 11.9 Å². The number of hydrogen-bond acceptors (Lipinski definition) is 9. The van der Waals surface area contributed by atoms with E-state index < -0.39 is 16.7 Å². The van der Waals surface area contributed by atoms with Gasteiger partial charge >= 0.3 is 0 Å². The molecule has 180 valence electrons. The molecule has 0 atom stereocenters. The summed E-state index contributed by atoms with van der Waals surface area (Å²) in [5.41, 5.74) is 1.31. The van der Waals surface area contributed by atoms with Crippen LogP contribution in [0.4, 0.5) is 17.1 Å². The molecule has 0 aliphatic carbocycles. The Kier molecular flexibility index (Phi) is 7.20. The van der Waals surface area contributed by atoms with Crippen molar-refractivity contribution in [3.8, 4) is 0 Å². The molecule has 3 aliphatic heterocycles. The number of amides is 2. The number of carbonyl (C=O) groups is 2. The Morgan fingerprint density at radius 3 is 2.21 bits per heavy atom. The molecular formula is C22H25N5O6S. The second kappa shape index (κ2) is 10.3. The lowest BCUT2D eigenvalue weighted by Gasteiger charge is -2.33. The number of nitro benzene ring substituents is 1. The molecule has 0 radical (unpaired) electrons. The van der Waals surface area contributed by atoms with Crippen LogP contribution in [0.1, 0.15) is 5.56 Å². The molecule has 1 aromatic carbocycles. The first-order valence-electron chi connectivity index (χ1n) is 10.9. The van der Waals surface area contributed by atoms with Crippen LogP contribution in [0.25, 0.3) is 6.08 Å². The first kappa shape index (κ1) is 23.8. The van der Waals surface area contributed by atoms with E-state index in [9.17, 15) is 19.7 Å². The summed E-state index contributed by atoms with van der Waals surface area (Å²) in [4.78, 5) is 42.4. The van der Waals surface area contributed by atoms with Gasteiger partial charge < -0.3 is 19.3 Å². The Balaban J connectivity index is 1.84. The van der Waals surface area contributed by atoms with Crippen LogP contribution in [0.15, 0.2) is 30.4 Å². The van der Waals surface area contributed by atoms with Gasteiger partial charge in [-0.25, -0.2) is 0 Å². The van der Waals surface area contributed by atoms with E-state index >= 15 is 0 Å². The zero-order valence-electron chi connectivity index (χ0n) is 18.5. The zero-order valence-corrected chi connectivity index (χ0v) is 19.3. The van der Waals surface area contributed by atoms with Gasteiger partial charge in [0, 0.05) is 50.0 Å². The van der Waals surface area contributed by atoms with Gasteiger partial charge in [0.05, 0.1) is 31.4 Å². The lowest BCUT2D eigenvalue weighted by atomic mass is 10.0. The molecule has 1 N–H and O–H groups in total. The summed E-state index contributed by atoms with van der Waals surface area (Å²) in [6.45, 7) is 7.90. The van der Waals surface area contributed by atoms with Crippen molar-refractivity contribution in [2.24, 2.45) is 0 Å². The van der Waals surface area contributed by atoms with Crippen molar-refractivity contribution in [2.75, 3.05) is 69.0 Å². The Bertz CT molecular complexity index is 1060. The molecular weight excluding hydrogens is 462 g/mol. The van der Waals surface area contributed by atoms with Crippen LogP contribution in [0, 0.1) is 10.1 Å². The minimum Gasteiger partial charge on any atom is -0.378 e. The molecule has 4 rings (SSSR count). The highest BCUT2D eigenvalue weighted by atomic mass is 32.1. The molecule has 3 fully saturated rings. The Labute approximate surface area is 201 Å². The number of nitrogens with zero attached hydrogens (tertiary/aromatic N) is 4. The molecule has 0 bridgehead atoms. The molecule has 1 aromatic rings. The van der Waals surface area contributed by atoms with Gasteiger partial charge in [-0.2, -0.15) is 0 Å². The molecule has 2 amide bonds. The number of rotatable bonds is 6. The Morgan fingerprint density at radius 2 is 1.65 bits per heavy atom. The van der Waals surface area contributed by atoms with Crippen molar-refractivity contribution in [2.45, 2.75) is 0 Å². The fourth-order valence-corrected chi connectivity index (χ4v) is 4.37. The summed E-state index contributed by atoms with van der Waals surface area (Å²) in [5.74, 6) is -1.23. The third-order valence-corrected chi connectivity index (χ3v) is 6.14. The highest BCUT2D eigenvalue weighted by Gasteiger charge is 2.34. The quantitative estimate of drug-likeness (QED) is 0.157. The topological polar surface area (TPSA) is 117 Å². The fourth-order valence-electron chi connectivity index (χ4n) is 4.12. The highest BCUT2D eigenvalue weighted by molar-refractivity contribution is 7.80. The van der Waals surface area contributed by atoms with Crippen LogP contribution in [-0.2, 0) is 19.1 Å². The minimum absolute atomic E-state index is 0.00546. The maximum atomic E-state index is 13.0. The SMILES string of the molecule is C=CCN1C(=O)/C(=C/c2cc([N+](=O)[O-])c(N3CCOCC3)cc2N2CCOCC2)C(=O)NC1=S. The fraction of sp³-hybridized carbons (Fsp3) is 0.409. The second-order valence-electron chi connectivity index (χ2n) is 7.88. The first-order valence-corrected chi connectivity index (χ1v) is 11.3. The van der Waals surface area contributed by atoms with Crippen molar-refractivity contribution in [3.63, 3.8) is 0 Å². The van der Waals surface area contributed by atoms with Crippen molar-refractivity contribution in [1.29, 1.82) is 0 Å². The normalized spacial score (nSPS) is 20.5. The molecule has 3 heterocycles. The molecule has 3 aliphatic rings. The molecule has 0 saturated carbocycles. The largest absolute Gasteiger partial charge is 0.378 e. The summed E-state index contributed by atoms with van der Waals surface area (Å²) < 4.78 is 10.9. The third kappa shape index (κ3) is 4.79. The zero-order chi connectivity index (χ0) is 24.2. The number of morpholine rings is 2. The second-order valence-corrected chi connectivity index (χ2v) is 8.26. The molecule has 11 nitrogen and oxygen atoms in total. The third-order valence-electron chi connectivity index (χ3n) is 5.82. The number of carbonyl (C=O) groups excluding carboxylic acids is 2. The average molecular weight is 488 g/mol. The van der Waals surface area contributed by atoms with Crippen LogP contribution in [0.5, 0.6) is 0 Å². The summed E-state index contributed by atoms with van der Waals surface area (Å²) >= 11 is 5.11. The molecule has 3 saturated heterocycles. The standard InChI is InChI=1S/C22H25N5O6S/c1-2-3-26-21(29)16(20(28)23-22(26)34)12-15-13-19(27(30)31)18(25-6-10-33-11-7-25)14-17(15)24-4-8-32-9-5-24/h2,12-14H,1,3-11H2,(H,23,28,34)/b16-12+. The maximum Gasteiger partial charge on any atom is 0.293 e. The van der Waals surface area contributed by atoms with Gasteiger partial charge in [0.25, 0.3) is 17.5 Å². The van der Waals surface area contributed by atoms with E-state index in [-0.39, 0.29) is 22.9 Å². The van der Waals surface area contributed by atoms with Crippen molar-refractivity contribution in [3.05, 3.63) is 46.0 Å². The van der Waals surface area contributed by atoms with Crippen LogP contribution in [0.2, 0.25) is 0 Å². The van der Waals surface area contributed by atoms with E-state index in [1.165, 1.54) is 23.1 Å². The summed E-state index contributed by atoms with van der Waals surface area (Å²) in [6.07, 6.45) is 2.90. The summed E-state index contributed by atoms with van der Waals surface area (Å²) in [5, 5.41) is 14.5. The van der Waals surface area contributed by atoms with E-state index in [0.717, 1.165) is 0 Å². The van der Waals surface area contributed by atoms with Crippen LogP contribution < -0.4 is 15.1 Å². The van der Waals surface area contributed by atoms with Crippen LogP contribution in [-0.4, -0.2) is 85.9 Å². The number of hydrogen-bond donors (Lipinski definition) is 1. The van der Waals surface area contributed by atoms with Gasteiger partial charge in [-0.1, -0.05) is 6.08 Å². The van der Waals surface area contributed by atoms with Crippen LogP contribution >= 0.6 is 12.2 Å². The van der Waals surface area contributed by atoms with Gasteiger partial charge in [0.15, 0.2) is 5.11 Å². The smallest absolute Gasteiger partial charge is 0.293 e. The predicted molar refractivity (Wildman–Crippen MR) is 130 cm³/mol. The maximum absolute atomic E-state index is 13.0. The van der Waals surface area contributed by atoms with Gasteiger partial charge in [0.1, 0.15) is 11.3 Å². The van der Waals surface area contributed by atoms with Gasteiger partial charge in [-0.05, 0) is 24.4 Å². The summed E-state index contributed by atoms with van der Waals surface area (Å²) in [7, 11) is 0. The van der Waals surface area contributed by atoms with Gasteiger partial charge in [-0.3, -0.25) is 29.9 Å². The highest BCUT2D eigenvalue weighted by Crippen LogP contribution is 2.38. The Morgan fingerprint density at radius 1 is 1.06 bits per heavy atom. The number of ether oxygens (including phenoxy) is 2. The monoisotopic (exact) mass is 487 g/mol. The van der Waals surface area contributed by atoms with E-state index in [1.807, 2.05) is 9.80 Å². The average Bonchev–Trinajstić information content (AvgIpc) is 2.85. The number of anilines is 2. The van der Waals surface area contributed by atoms with Gasteiger partial charge in [-0.15, -0.1) is 6.58 Å². The van der Waals surface area contributed by atoms with Crippen molar-refractivity contribution < 1.29 is 24.0 Å².